The maximum absolute atomic E-state index is 13.5. The summed E-state index contributed by atoms with van der Waals surface area (Å²) in [5.74, 6) is 1.07. The maximum Gasteiger partial charge on any atom is 0.240 e. The number of likely N-dealkylation sites (tertiary alicyclic amines) is 1. The van der Waals surface area contributed by atoms with E-state index in [2.05, 4.69) is 59.7 Å². The third-order valence-electron chi connectivity index (χ3n) is 6.46. The molecule has 0 aromatic carbocycles. The van der Waals surface area contributed by atoms with Crippen molar-refractivity contribution in [3.8, 4) is 0 Å². The quantitative estimate of drug-likeness (QED) is 0.857. The number of aromatic nitrogens is 2. The lowest BCUT2D eigenvalue weighted by Gasteiger charge is -2.43. The minimum absolute atomic E-state index is 0.0577. The Kier molecular flexibility index (Phi) is 5.93. The number of nitrogens with one attached hydrogen (secondary N) is 1. The number of carbonyl (C=O) groups is 1. The lowest BCUT2D eigenvalue weighted by Crippen LogP contribution is -2.58. The van der Waals surface area contributed by atoms with E-state index in [0.29, 0.717) is 11.8 Å². The van der Waals surface area contributed by atoms with Gasteiger partial charge in [0, 0.05) is 44.0 Å². The topological polar surface area (TPSA) is 61.5 Å². The zero-order valence-electron chi connectivity index (χ0n) is 18.1. The van der Waals surface area contributed by atoms with Crippen LogP contribution in [0.5, 0.6) is 0 Å². The molecule has 4 rings (SSSR count). The van der Waals surface area contributed by atoms with Gasteiger partial charge >= 0.3 is 0 Å². The second-order valence-electron chi connectivity index (χ2n) is 9.14. The monoisotopic (exact) mass is 398 g/mol. The van der Waals surface area contributed by atoms with Crippen LogP contribution in [-0.4, -0.2) is 70.1 Å². The Balaban J connectivity index is 1.43. The van der Waals surface area contributed by atoms with E-state index in [1.807, 2.05) is 12.3 Å². The van der Waals surface area contributed by atoms with Crippen molar-refractivity contribution in [2.24, 2.45) is 5.92 Å². The van der Waals surface area contributed by atoms with E-state index in [1.165, 1.54) is 10.9 Å². The minimum atomic E-state index is -0.0577. The van der Waals surface area contributed by atoms with E-state index < -0.39 is 0 Å². The fourth-order valence-corrected chi connectivity index (χ4v) is 5.22. The van der Waals surface area contributed by atoms with E-state index in [4.69, 9.17) is 4.74 Å². The molecular formula is C23H34N4O2. The van der Waals surface area contributed by atoms with E-state index in [9.17, 15) is 4.79 Å². The number of fused-ring (bicyclic) bond motifs is 1. The van der Waals surface area contributed by atoms with Gasteiger partial charge in [-0.05, 0) is 56.2 Å². The molecule has 2 aliphatic rings. The third-order valence-corrected chi connectivity index (χ3v) is 6.46. The lowest BCUT2D eigenvalue weighted by atomic mass is 9.88. The summed E-state index contributed by atoms with van der Waals surface area (Å²) in [6.07, 6.45) is 6.29. The van der Waals surface area contributed by atoms with Crippen molar-refractivity contribution >= 4 is 16.9 Å². The van der Waals surface area contributed by atoms with Crippen LogP contribution in [0.3, 0.4) is 0 Å². The number of H-pyrrole nitrogens is 1. The number of morpholine rings is 1. The normalized spacial score (nSPS) is 25.6. The lowest BCUT2D eigenvalue weighted by molar-refractivity contribution is -0.146. The number of hydrogen-bond acceptors (Lipinski definition) is 4. The molecule has 2 aromatic rings. The second kappa shape index (κ2) is 8.44. The van der Waals surface area contributed by atoms with Crippen LogP contribution in [0.1, 0.15) is 52.0 Å². The van der Waals surface area contributed by atoms with Crippen LogP contribution in [0.25, 0.3) is 11.0 Å². The molecule has 1 N–H and O–H groups in total. The van der Waals surface area contributed by atoms with Gasteiger partial charge in [-0.25, -0.2) is 4.98 Å². The number of nitrogens with zero attached hydrogens (tertiary/aromatic N) is 3. The van der Waals surface area contributed by atoms with Gasteiger partial charge in [0.15, 0.2) is 0 Å². The third kappa shape index (κ3) is 4.19. The van der Waals surface area contributed by atoms with E-state index >= 15 is 0 Å². The molecule has 0 spiro atoms. The number of carbonyl (C=O) groups excluding carboxylic acids is 1. The Labute approximate surface area is 173 Å². The number of amides is 1. The Morgan fingerprint density at radius 1 is 1.21 bits per heavy atom. The predicted octanol–water partition coefficient (Wildman–Crippen LogP) is 3.40. The summed E-state index contributed by atoms with van der Waals surface area (Å²) in [5, 5.41) is 1.22. The molecule has 2 fully saturated rings. The Bertz CT molecular complexity index is 830. The molecule has 4 heterocycles. The first-order chi connectivity index (χ1) is 13.9. The predicted molar refractivity (Wildman–Crippen MR) is 115 cm³/mol. The van der Waals surface area contributed by atoms with Crippen molar-refractivity contribution in [1.82, 2.24) is 19.8 Å². The van der Waals surface area contributed by atoms with Crippen LogP contribution in [0, 0.1) is 5.92 Å². The average Bonchev–Trinajstić information content (AvgIpc) is 3.11. The molecule has 2 aromatic heterocycles. The smallest absolute Gasteiger partial charge is 0.240 e. The van der Waals surface area contributed by atoms with Crippen LogP contribution >= 0.6 is 0 Å². The van der Waals surface area contributed by atoms with Crippen LogP contribution in [0.15, 0.2) is 24.5 Å². The average molecular weight is 399 g/mol. The zero-order chi connectivity index (χ0) is 20.5. The van der Waals surface area contributed by atoms with Gasteiger partial charge in [-0.2, -0.15) is 0 Å². The van der Waals surface area contributed by atoms with E-state index in [-0.39, 0.29) is 24.2 Å². The van der Waals surface area contributed by atoms with E-state index in [1.54, 1.807) is 0 Å². The molecule has 2 saturated heterocycles. The molecule has 6 nitrogen and oxygen atoms in total. The van der Waals surface area contributed by atoms with Gasteiger partial charge in [-0.15, -0.1) is 0 Å². The molecule has 0 radical (unpaired) electrons. The van der Waals surface area contributed by atoms with Gasteiger partial charge in [0.2, 0.25) is 5.91 Å². The second-order valence-corrected chi connectivity index (χ2v) is 9.14. The van der Waals surface area contributed by atoms with Gasteiger partial charge < -0.3 is 14.6 Å². The fourth-order valence-electron chi connectivity index (χ4n) is 5.22. The highest BCUT2D eigenvalue weighted by molar-refractivity contribution is 5.83. The molecule has 2 aliphatic heterocycles. The van der Waals surface area contributed by atoms with Crippen molar-refractivity contribution in [2.45, 2.75) is 64.7 Å². The number of hydrogen-bond donors (Lipinski definition) is 1. The molecule has 0 bridgehead atoms. The number of pyridine rings is 1. The summed E-state index contributed by atoms with van der Waals surface area (Å²) < 4.78 is 5.89. The zero-order valence-corrected chi connectivity index (χ0v) is 18.1. The number of piperidine rings is 1. The van der Waals surface area contributed by atoms with Crippen molar-refractivity contribution in [3.63, 3.8) is 0 Å². The summed E-state index contributed by atoms with van der Waals surface area (Å²) >= 11 is 0. The number of ether oxygens (including phenoxy) is 1. The van der Waals surface area contributed by atoms with Crippen molar-refractivity contribution in [1.29, 1.82) is 0 Å². The van der Waals surface area contributed by atoms with Crippen molar-refractivity contribution in [2.75, 3.05) is 26.2 Å². The SMILES string of the molecule is CC1CN(C(C(=O)N2CCC(c3c[nH]c4ncccc34)CC2)C(C)C)CC(C)O1. The standard InChI is InChI=1S/C23H34N4O2/c1-15(2)21(27-13-16(3)29-17(4)14-27)23(28)26-10-7-18(8-11-26)20-12-25-22-19(20)6-5-9-24-22/h5-6,9,12,15-18,21H,7-8,10-11,13-14H2,1-4H3,(H,24,25). The summed E-state index contributed by atoms with van der Waals surface area (Å²) in [4.78, 5) is 25.6. The van der Waals surface area contributed by atoms with Gasteiger partial charge in [0.25, 0.3) is 0 Å². The molecule has 29 heavy (non-hydrogen) atoms. The molecule has 158 valence electrons. The first-order valence-electron chi connectivity index (χ1n) is 11.0. The van der Waals surface area contributed by atoms with Gasteiger partial charge in [-0.1, -0.05) is 13.8 Å². The van der Waals surface area contributed by atoms with Crippen molar-refractivity contribution in [3.05, 3.63) is 30.1 Å². The van der Waals surface area contributed by atoms with Gasteiger partial charge in [-0.3, -0.25) is 9.69 Å². The highest BCUT2D eigenvalue weighted by Gasteiger charge is 2.37. The van der Waals surface area contributed by atoms with E-state index in [0.717, 1.165) is 44.7 Å². The minimum Gasteiger partial charge on any atom is -0.373 e. The van der Waals surface area contributed by atoms with Gasteiger partial charge in [0.1, 0.15) is 5.65 Å². The summed E-state index contributed by atoms with van der Waals surface area (Å²) in [7, 11) is 0. The highest BCUT2D eigenvalue weighted by atomic mass is 16.5. The Morgan fingerprint density at radius 3 is 2.55 bits per heavy atom. The van der Waals surface area contributed by atoms with Gasteiger partial charge in [0.05, 0.1) is 18.2 Å². The number of rotatable bonds is 4. The Hall–Kier alpha value is -1.92. The molecule has 1 amide bonds. The number of aromatic amines is 1. The first kappa shape index (κ1) is 20.4. The highest BCUT2D eigenvalue weighted by Crippen LogP contribution is 2.33. The molecule has 3 unspecified atom stereocenters. The van der Waals surface area contributed by atoms with Crippen molar-refractivity contribution < 1.29 is 9.53 Å². The maximum atomic E-state index is 13.5. The first-order valence-corrected chi connectivity index (χ1v) is 11.0. The fraction of sp³-hybridized carbons (Fsp3) is 0.652. The summed E-state index contributed by atoms with van der Waals surface area (Å²) in [6, 6.07) is 4.08. The summed E-state index contributed by atoms with van der Waals surface area (Å²) in [6.45, 7) is 11.9. The Morgan fingerprint density at radius 2 is 1.90 bits per heavy atom. The van der Waals surface area contributed by atoms with Crippen LogP contribution in [0.2, 0.25) is 0 Å². The van der Waals surface area contributed by atoms with Crippen LogP contribution in [-0.2, 0) is 9.53 Å². The summed E-state index contributed by atoms with van der Waals surface area (Å²) in [5.41, 5.74) is 2.30. The molecule has 0 saturated carbocycles. The molecule has 0 aliphatic carbocycles. The van der Waals surface area contributed by atoms with Crippen LogP contribution < -0.4 is 0 Å². The molecule has 3 atom stereocenters. The molecular weight excluding hydrogens is 364 g/mol. The largest absolute Gasteiger partial charge is 0.373 e. The van der Waals surface area contributed by atoms with Crippen LogP contribution in [0.4, 0.5) is 0 Å². The molecule has 6 heteroatoms.